The molecule has 0 N–H and O–H groups in total. The summed E-state index contributed by atoms with van der Waals surface area (Å²) in [5.41, 5.74) is 0. The van der Waals surface area contributed by atoms with Crippen LogP contribution in [0.4, 0.5) is 5.82 Å². The lowest BCUT2D eigenvalue weighted by Gasteiger charge is -2.30. The number of anilines is 1. The van der Waals surface area contributed by atoms with Crippen molar-refractivity contribution in [1.29, 1.82) is 0 Å². The molecule has 0 saturated carbocycles. The number of hydrogen-bond acceptors (Lipinski definition) is 3. The van der Waals surface area contributed by atoms with E-state index in [-0.39, 0.29) is 0 Å². The van der Waals surface area contributed by atoms with Gasteiger partial charge >= 0.3 is 0 Å². The summed E-state index contributed by atoms with van der Waals surface area (Å²) >= 11 is 5.68. The van der Waals surface area contributed by atoms with Crippen molar-refractivity contribution in [1.82, 2.24) is 10.2 Å². The molecule has 1 aliphatic heterocycles. The molecule has 0 spiro atoms. The molecular weight excluding hydrogens is 198 g/mol. The zero-order valence-electron chi connectivity index (χ0n) is 8.28. The van der Waals surface area contributed by atoms with E-state index in [4.69, 9.17) is 11.6 Å². The highest BCUT2D eigenvalue weighted by atomic mass is 35.5. The summed E-state index contributed by atoms with van der Waals surface area (Å²) in [4.78, 5) is 2.27. The van der Waals surface area contributed by atoms with Crippen LogP contribution in [0.3, 0.4) is 0 Å². The lowest BCUT2D eigenvalue weighted by molar-refractivity contribution is 0.436. The molecule has 1 aromatic heterocycles. The van der Waals surface area contributed by atoms with Gasteiger partial charge in [0.15, 0.2) is 11.0 Å². The van der Waals surface area contributed by atoms with E-state index in [1.807, 2.05) is 6.07 Å². The molecule has 0 aromatic carbocycles. The molecule has 0 atom stereocenters. The molecule has 2 rings (SSSR count). The van der Waals surface area contributed by atoms with Crippen LogP contribution in [0, 0.1) is 5.92 Å². The Balaban J connectivity index is 2.05. The lowest BCUT2D eigenvalue weighted by atomic mass is 9.99. The quantitative estimate of drug-likeness (QED) is 0.714. The molecule has 76 valence electrons. The second-order valence-corrected chi connectivity index (χ2v) is 4.27. The van der Waals surface area contributed by atoms with Crippen molar-refractivity contribution in [2.75, 3.05) is 18.0 Å². The minimum Gasteiger partial charge on any atom is -0.355 e. The van der Waals surface area contributed by atoms with E-state index in [2.05, 4.69) is 22.0 Å². The number of nitrogens with zero attached hydrogens (tertiary/aromatic N) is 3. The maximum absolute atomic E-state index is 5.68. The smallest absolute Gasteiger partial charge is 0.151 e. The van der Waals surface area contributed by atoms with Crippen LogP contribution in [0.15, 0.2) is 12.1 Å². The van der Waals surface area contributed by atoms with E-state index in [0.29, 0.717) is 5.15 Å². The van der Waals surface area contributed by atoms with E-state index < -0.39 is 0 Å². The Hall–Kier alpha value is -0.830. The van der Waals surface area contributed by atoms with Gasteiger partial charge in [0.1, 0.15) is 0 Å². The first kappa shape index (κ1) is 9.71. The summed E-state index contributed by atoms with van der Waals surface area (Å²) < 4.78 is 0. The van der Waals surface area contributed by atoms with Crippen LogP contribution >= 0.6 is 11.6 Å². The fourth-order valence-electron chi connectivity index (χ4n) is 1.72. The van der Waals surface area contributed by atoms with Crippen molar-refractivity contribution >= 4 is 17.4 Å². The molecule has 1 aliphatic rings. The van der Waals surface area contributed by atoms with Gasteiger partial charge in [0.25, 0.3) is 0 Å². The van der Waals surface area contributed by atoms with Gasteiger partial charge in [-0.25, -0.2) is 0 Å². The summed E-state index contributed by atoms with van der Waals surface area (Å²) in [6.45, 7) is 4.46. The van der Waals surface area contributed by atoms with Gasteiger partial charge in [-0.3, -0.25) is 0 Å². The van der Waals surface area contributed by atoms with Gasteiger partial charge in [-0.15, -0.1) is 10.2 Å². The monoisotopic (exact) mass is 211 g/mol. The first-order chi connectivity index (χ1) is 6.75. The van der Waals surface area contributed by atoms with Crippen molar-refractivity contribution in [3.63, 3.8) is 0 Å². The Morgan fingerprint density at radius 3 is 2.57 bits per heavy atom. The second kappa shape index (κ2) is 4.13. The normalized spacial score (nSPS) is 18.6. The highest BCUT2D eigenvalue weighted by molar-refractivity contribution is 6.29. The average Bonchev–Trinajstić information content (AvgIpc) is 2.21. The van der Waals surface area contributed by atoms with Gasteiger partial charge in [0, 0.05) is 13.1 Å². The van der Waals surface area contributed by atoms with Crippen LogP contribution in [0.5, 0.6) is 0 Å². The minimum atomic E-state index is 0.458. The third-order valence-electron chi connectivity index (χ3n) is 2.73. The summed E-state index contributed by atoms with van der Waals surface area (Å²) in [6.07, 6.45) is 2.48. The number of rotatable bonds is 1. The summed E-state index contributed by atoms with van der Waals surface area (Å²) in [6, 6.07) is 3.73. The van der Waals surface area contributed by atoms with E-state index >= 15 is 0 Å². The predicted octanol–water partition coefficient (Wildman–Crippen LogP) is 2.37. The Morgan fingerprint density at radius 2 is 2.00 bits per heavy atom. The molecule has 1 aromatic rings. The zero-order valence-corrected chi connectivity index (χ0v) is 9.04. The molecule has 1 saturated heterocycles. The van der Waals surface area contributed by atoms with E-state index in [1.165, 1.54) is 12.8 Å². The number of piperidine rings is 1. The highest BCUT2D eigenvalue weighted by Gasteiger charge is 2.16. The number of halogens is 1. The van der Waals surface area contributed by atoms with E-state index in [0.717, 1.165) is 24.8 Å². The molecule has 0 unspecified atom stereocenters. The number of hydrogen-bond donors (Lipinski definition) is 0. The van der Waals surface area contributed by atoms with Crippen molar-refractivity contribution in [2.45, 2.75) is 19.8 Å². The lowest BCUT2D eigenvalue weighted by Crippen LogP contribution is -2.33. The van der Waals surface area contributed by atoms with Crippen LogP contribution < -0.4 is 4.90 Å². The first-order valence-electron chi connectivity index (χ1n) is 5.00. The number of aromatic nitrogens is 2. The molecule has 1 fully saturated rings. The summed E-state index contributed by atoms with van der Waals surface area (Å²) in [7, 11) is 0. The predicted molar refractivity (Wildman–Crippen MR) is 57.7 cm³/mol. The Bertz CT molecular complexity index is 291. The van der Waals surface area contributed by atoms with Crippen LogP contribution in [0.25, 0.3) is 0 Å². The topological polar surface area (TPSA) is 29.0 Å². The van der Waals surface area contributed by atoms with Gasteiger partial charge in [0.2, 0.25) is 0 Å². The largest absolute Gasteiger partial charge is 0.355 e. The average molecular weight is 212 g/mol. The standard InChI is InChI=1S/C10H14ClN3/c1-8-4-6-14(7-5-8)10-3-2-9(11)12-13-10/h2-3,8H,4-7H2,1H3. The fraction of sp³-hybridized carbons (Fsp3) is 0.600. The highest BCUT2D eigenvalue weighted by Crippen LogP contribution is 2.20. The molecule has 3 nitrogen and oxygen atoms in total. The van der Waals surface area contributed by atoms with Crippen molar-refractivity contribution in [2.24, 2.45) is 5.92 Å². The van der Waals surface area contributed by atoms with Crippen LogP contribution in [0.1, 0.15) is 19.8 Å². The first-order valence-corrected chi connectivity index (χ1v) is 5.37. The molecule has 0 bridgehead atoms. The van der Waals surface area contributed by atoms with Crippen molar-refractivity contribution < 1.29 is 0 Å². The third kappa shape index (κ3) is 2.15. The van der Waals surface area contributed by atoms with Crippen LogP contribution in [0.2, 0.25) is 5.15 Å². The Morgan fingerprint density at radius 1 is 1.29 bits per heavy atom. The third-order valence-corrected chi connectivity index (χ3v) is 2.93. The minimum absolute atomic E-state index is 0.458. The molecular formula is C10H14ClN3. The van der Waals surface area contributed by atoms with Crippen molar-refractivity contribution in [3.8, 4) is 0 Å². The molecule has 0 aliphatic carbocycles. The maximum Gasteiger partial charge on any atom is 0.151 e. The summed E-state index contributed by atoms with van der Waals surface area (Å²) in [5, 5.41) is 8.38. The Labute approximate surface area is 89.1 Å². The van der Waals surface area contributed by atoms with E-state index in [1.54, 1.807) is 6.07 Å². The van der Waals surface area contributed by atoms with Crippen LogP contribution in [-0.2, 0) is 0 Å². The van der Waals surface area contributed by atoms with Crippen LogP contribution in [-0.4, -0.2) is 23.3 Å². The molecule has 2 heterocycles. The molecule has 14 heavy (non-hydrogen) atoms. The Kier molecular flexibility index (Phi) is 2.87. The van der Waals surface area contributed by atoms with Crippen molar-refractivity contribution in [3.05, 3.63) is 17.3 Å². The van der Waals surface area contributed by atoms with Gasteiger partial charge in [0.05, 0.1) is 0 Å². The second-order valence-electron chi connectivity index (χ2n) is 3.88. The van der Waals surface area contributed by atoms with Gasteiger partial charge < -0.3 is 4.90 Å². The zero-order chi connectivity index (χ0) is 9.97. The van der Waals surface area contributed by atoms with Gasteiger partial charge in [-0.1, -0.05) is 18.5 Å². The molecule has 0 radical (unpaired) electrons. The fourth-order valence-corrected chi connectivity index (χ4v) is 1.82. The van der Waals surface area contributed by atoms with Gasteiger partial charge in [-0.2, -0.15) is 0 Å². The van der Waals surface area contributed by atoms with E-state index in [9.17, 15) is 0 Å². The molecule has 4 heteroatoms. The SMILES string of the molecule is CC1CCN(c2ccc(Cl)nn2)CC1. The maximum atomic E-state index is 5.68. The van der Waals surface area contributed by atoms with Gasteiger partial charge in [-0.05, 0) is 30.9 Å². The summed E-state index contributed by atoms with van der Waals surface area (Å²) in [5.74, 6) is 1.79. The molecule has 0 amide bonds.